The molecule has 1 atom stereocenters. The van der Waals surface area contributed by atoms with Crippen LogP contribution < -0.4 is 10.1 Å². The lowest BCUT2D eigenvalue weighted by Gasteiger charge is -2.36. The minimum absolute atomic E-state index is 0.287. The number of benzene rings is 3. The summed E-state index contributed by atoms with van der Waals surface area (Å²) in [6, 6.07) is 27.4. The van der Waals surface area contributed by atoms with Gasteiger partial charge < -0.3 is 10.1 Å². The Morgan fingerprint density at radius 1 is 0.885 bits per heavy atom. The Morgan fingerprint density at radius 2 is 1.58 bits per heavy atom. The van der Waals surface area contributed by atoms with E-state index in [4.69, 9.17) is 4.74 Å². The van der Waals surface area contributed by atoms with E-state index in [1.165, 1.54) is 22.3 Å². The number of anilines is 1. The SMILES string of the molecule is CCOc1ccc2c(c1)NC(C)(c1ccccc1)C=C2c1ccccc1. The van der Waals surface area contributed by atoms with E-state index in [1.54, 1.807) is 0 Å². The molecule has 0 saturated heterocycles. The summed E-state index contributed by atoms with van der Waals surface area (Å²) >= 11 is 0. The van der Waals surface area contributed by atoms with E-state index in [1.807, 2.05) is 13.0 Å². The summed E-state index contributed by atoms with van der Waals surface area (Å²) in [5.74, 6) is 0.892. The van der Waals surface area contributed by atoms with Gasteiger partial charge in [-0.1, -0.05) is 60.7 Å². The predicted octanol–water partition coefficient (Wildman–Crippen LogP) is 5.86. The molecule has 2 heteroatoms. The molecule has 26 heavy (non-hydrogen) atoms. The van der Waals surface area contributed by atoms with Crippen LogP contribution in [-0.4, -0.2) is 6.61 Å². The monoisotopic (exact) mass is 341 g/mol. The van der Waals surface area contributed by atoms with Gasteiger partial charge >= 0.3 is 0 Å². The van der Waals surface area contributed by atoms with Gasteiger partial charge in [0.1, 0.15) is 5.75 Å². The highest BCUT2D eigenvalue weighted by atomic mass is 16.5. The molecular weight excluding hydrogens is 318 g/mol. The summed E-state index contributed by atoms with van der Waals surface area (Å²) in [4.78, 5) is 0. The maximum atomic E-state index is 5.73. The Hall–Kier alpha value is -3.00. The first-order valence-corrected chi connectivity index (χ1v) is 9.09. The second-order valence-electron chi connectivity index (χ2n) is 6.76. The minimum Gasteiger partial charge on any atom is -0.494 e. The molecule has 1 aliphatic heterocycles. The van der Waals surface area contributed by atoms with Crippen LogP contribution in [0.5, 0.6) is 5.75 Å². The molecule has 2 nitrogen and oxygen atoms in total. The molecule has 4 rings (SSSR count). The summed E-state index contributed by atoms with van der Waals surface area (Å²) in [6.07, 6.45) is 2.33. The van der Waals surface area contributed by atoms with E-state index >= 15 is 0 Å². The van der Waals surface area contributed by atoms with Crippen molar-refractivity contribution < 1.29 is 4.74 Å². The van der Waals surface area contributed by atoms with Gasteiger partial charge in [-0.3, -0.25) is 0 Å². The van der Waals surface area contributed by atoms with Crippen LogP contribution in [0.1, 0.15) is 30.5 Å². The minimum atomic E-state index is -0.287. The summed E-state index contributed by atoms with van der Waals surface area (Å²) in [5, 5.41) is 3.73. The molecule has 0 bridgehead atoms. The smallest absolute Gasteiger partial charge is 0.121 e. The van der Waals surface area contributed by atoms with Crippen molar-refractivity contribution in [3.8, 4) is 5.75 Å². The third kappa shape index (κ3) is 2.99. The molecule has 3 aromatic rings. The average molecular weight is 341 g/mol. The van der Waals surface area contributed by atoms with Crippen LogP contribution in [0.25, 0.3) is 5.57 Å². The maximum absolute atomic E-state index is 5.73. The molecular formula is C24H23NO. The highest BCUT2D eigenvalue weighted by molar-refractivity contribution is 5.90. The number of nitrogens with one attached hydrogen (secondary N) is 1. The van der Waals surface area contributed by atoms with E-state index in [0.717, 1.165) is 11.4 Å². The van der Waals surface area contributed by atoms with E-state index in [9.17, 15) is 0 Å². The summed E-state index contributed by atoms with van der Waals surface area (Å²) in [5.41, 5.74) is 5.72. The van der Waals surface area contributed by atoms with E-state index in [-0.39, 0.29) is 5.54 Å². The zero-order chi connectivity index (χ0) is 18.0. The highest BCUT2D eigenvalue weighted by Crippen LogP contribution is 2.42. The van der Waals surface area contributed by atoms with Crippen LogP contribution in [0.15, 0.2) is 84.9 Å². The van der Waals surface area contributed by atoms with E-state index < -0.39 is 0 Å². The van der Waals surface area contributed by atoms with Gasteiger partial charge in [-0.2, -0.15) is 0 Å². The fourth-order valence-corrected chi connectivity index (χ4v) is 3.60. The van der Waals surface area contributed by atoms with Gasteiger partial charge in [0.2, 0.25) is 0 Å². The van der Waals surface area contributed by atoms with Crippen molar-refractivity contribution in [2.24, 2.45) is 0 Å². The standard InChI is InChI=1S/C24H23NO/c1-3-26-20-14-15-21-22(18-10-6-4-7-11-18)17-24(2,25-23(21)16-20)19-12-8-5-9-13-19/h4-17,25H,3H2,1-2H3. The van der Waals surface area contributed by atoms with Crippen molar-refractivity contribution in [3.05, 3.63) is 102 Å². The molecule has 3 aromatic carbocycles. The Labute approximate surface area is 155 Å². The van der Waals surface area contributed by atoms with Gasteiger partial charge in [0.05, 0.1) is 12.1 Å². The van der Waals surface area contributed by atoms with Gasteiger partial charge in [-0.05, 0) is 48.8 Å². The van der Waals surface area contributed by atoms with Crippen LogP contribution >= 0.6 is 0 Å². The Kier molecular flexibility index (Phi) is 4.26. The first-order chi connectivity index (χ1) is 12.7. The van der Waals surface area contributed by atoms with Crippen LogP contribution in [0, 0.1) is 0 Å². The maximum Gasteiger partial charge on any atom is 0.121 e. The molecule has 0 aromatic heterocycles. The summed E-state index contributed by atoms with van der Waals surface area (Å²) in [6.45, 7) is 4.90. The second kappa shape index (κ2) is 6.72. The number of rotatable bonds is 4. The lowest BCUT2D eigenvalue weighted by Crippen LogP contribution is -2.33. The lowest BCUT2D eigenvalue weighted by molar-refractivity contribution is 0.340. The molecule has 0 amide bonds. The normalized spacial score (nSPS) is 18.5. The molecule has 0 fully saturated rings. The van der Waals surface area contributed by atoms with Crippen molar-refractivity contribution in [2.75, 3.05) is 11.9 Å². The first-order valence-electron chi connectivity index (χ1n) is 9.09. The molecule has 0 aliphatic carbocycles. The molecule has 0 saturated carbocycles. The van der Waals surface area contributed by atoms with Crippen molar-refractivity contribution in [3.63, 3.8) is 0 Å². The summed E-state index contributed by atoms with van der Waals surface area (Å²) < 4.78 is 5.73. The molecule has 1 aliphatic rings. The van der Waals surface area contributed by atoms with Crippen molar-refractivity contribution in [1.82, 2.24) is 0 Å². The molecule has 1 unspecified atom stereocenters. The number of fused-ring (bicyclic) bond motifs is 1. The van der Waals surface area contributed by atoms with Gasteiger partial charge in [0.15, 0.2) is 0 Å². The predicted molar refractivity (Wildman–Crippen MR) is 109 cm³/mol. The Morgan fingerprint density at radius 3 is 2.27 bits per heavy atom. The van der Waals surface area contributed by atoms with Crippen LogP contribution in [0.2, 0.25) is 0 Å². The highest BCUT2D eigenvalue weighted by Gasteiger charge is 2.31. The van der Waals surface area contributed by atoms with Crippen LogP contribution in [-0.2, 0) is 5.54 Å². The lowest BCUT2D eigenvalue weighted by atomic mass is 9.82. The molecule has 0 spiro atoms. The molecule has 1 N–H and O–H groups in total. The van der Waals surface area contributed by atoms with Crippen molar-refractivity contribution in [2.45, 2.75) is 19.4 Å². The van der Waals surface area contributed by atoms with Gasteiger partial charge in [-0.15, -0.1) is 0 Å². The van der Waals surface area contributed by atoms with Gasteiger partial charge in [0, 0.05) is 17.3 Å². The van der Waals surface area contributed by atoms with Crippen LogP contribution in [0.3, 0.4) is 0 Å². The van der Waals surface area contributed by atoms with Gasteiger partial charge in [0.25, 0.3) is 0 Å². The fourth-order valence-electron chi connectivity index (χ4n) is 3.60. The van der Waals surface area contributed by atoms with Gasteiger partial charge in [-0.25, -0.2) is 0 Å². The first kappa shape index (κ1) is 16.5. The zero-order valence-corrected chi connectivity index (χ0v) is 15.2. The fraction of sp³-hybridized carbons (Fsp3) is 0.167. The van der Waals surface area contributed by atoms with E-state index in [0.29, 0.717) is 6.61 Å². The number of ether oxygens (including phenoxy) is 1. The molecule has 0 radical (unpaired) electrons. The average Bonchev–Trinajstić information content (AvgIpc) is 2.69. The van der Waals surface area contributed by atoms with Crippen molar-refractivity contribution in [1.29, 1.82) is 0 Å². The third-order valence-corrected chi connectivity index (χ3v) is 4.88. The second-order valence-corrected chi connectivity index (χ2v) is 6.76. The van der Waals surface area contributed by atoms with Crippen LogP contribution in [0.4, 0.5) is 5.69 Å². The third-order valence-electron chi connectivity index (χ3n) is 4.88. The zero-order valence-electron chi connectivity index (χ0n) is 15.2. The Balaban J connectivity index is 1.89. The van der Waals surface area contributed by atoms with Crippen molar-refractivity contribution >= 4 is 11.3 Å². The number of hydrogen-bond acceptors (Lipinski definition) is 2. The molecule has 130 valence electrons. The quantitative estimate of drug-likeness (QED) is 0.642. The largest absolute Gasteiger partial charge is 0.494 e. The Bertz CT molecular complexity index is 931. The van der Waals surface area contributed by atoms with E-state index in [2.05, 4.69) is 91.1 Å². The summed E-state index contributed by atoms with van der Waals surface area (Å²) in [7, 11) is 0. The molecule has 1 heterocycles. The number of hydrogen-bond donors (Lipinski definition) is 1. The topological polar surface area (TPSA) is 21.3 Å².